The molecule has 0 atom stereocenters. The smallest absolute Gasteiger partial charge is 0.350 e. The second-order valence-electron chi connectivity index (χ2n) is 5.69. The Morgan fingerprint density at radius 2 is 1.88 bits per heavy atom. The van der Waals surface area contributed by atoms with Crippen LogP contribution in [0.1, 0.15) is 42.5 Å². The van der Waals surface area contributed by atoms with Crippen LogP contribution in [0, 0.1) is 11.3 Å². The number of methoxy groups -OCH3 is 1. The van der Waals surface area contributed by atoms with E-state index in [1.54, 1.807) is 30.3 Å². The predicted molar refractivity (Wildman–Crippen MR) is 90.1 cm³/mol. The van der Waals surface area contributed by atoms with Gasteiger partial charge in [0.1, 0.15) is 6.07 Å². The van der Waals surface area contributed by atoms with Gasteiger partial charge >= 0.3 is 5.97 Å². The predicted octanol–water partition coefficient (Wildman–Crippen LogP) is 2.74. The summed E-state index contributed by atoms with van der Waals surface area (Å²) in [7, 11) is 1.22. The molecule has 1 amide bonds. The Hall–Kier alpha value is -2.81. The summed E-state index contributed by atoms with van der Waals surface area (Å²) < 4.78 is 4.49. The van der Waals surface area contributed by atoms with Gasteiger partial charge in [-0.15, -0.1) is 0 Å². The number of hydrogen-bond acceptors (Lipinski definition) is 5. The summed E-state index contributed by atoms with van der Waals surface area (Å²) in [6, 6.07) is 8.88. The first-order valence-corrected chi connectivity index (χ1v) is 8.00. The average molecular weight is 327 g/mol. The maximum atomic E-state index is 12.2. The number of hydrogen-bond donors (Lipinski definition) is 2. The van der Waals surface area contributed by atoms with Crippen molar-refractivity contribution < 1.29 is 14.3 Å². The normalized spacial score (nSPS) is 15.2. The van der Waals surface area contributed by atoms with E-state index in [1.807, 2.05) is 0 Å². The molecule has 0 heterocycles. The molecule has 1 saturated carbocycles. The summed E-state index contributed by atoms with van der Waals surface area (Å²) in [4.78, 5) is 23.5. The van der Waals surface area contributed by atoms with Gasteiger partial charge in [-0.3, -0.25) is 4.79 Å². The van der Waals surface area contributed by atoms with Gasteiger partial charge in [0, 0.05) is 23.5 Å². The number of nitriles is 1. The third-order valence-corrected chi connectivity index (χ3v) is 4.00. The number of benzene rings is 1. The van der Waals surface area contributed by atoms with E-state index >= 15 is 0 Å². The van der Waals surface area contributed by atoms with Crippen LogP contribution in [0.25, 0.3) is 0 Å². The minimum Gasteiger partial charge on any atom is -0.465 e. The molecule has 1 fully saturated rings. The molecule has 0 bridgehead atoms. The van der Waals surface area contributed by atoms with Gasteiger partial charge in [0.2, 0.25) is 0 Å². The molecule has 0 radical (unpaired) electrons. The average Bonchev–Trinajstić information content (AvgIpc) is 2.63. The lowest BCUT2D eigenvalue weighted by molar-refractivity contribution is -0.135. The summed E-state index contributed by atoms with van der Waals surface area (Å²) in [5, 5.41) is 14.8. The standard InChI is InChI=1S/C18H21N3O3/c1-24-18(23)14(11-19)12-20-15-9-7-13(8-10-15)17(22)21-16-5-3-2-4-6-16/h7-10,12,16,20H,2-6H2,1H3,(H,21,22)/b14-12-. The van der Waals surface area contributed by atoms with Crippen molar-refractivity contribution in [2.24, 2.45) is 0 Å². The van der Waals surface area contributed by atoms with E-state index in [9.17, 15) is 9.59 Å². The molecule has 126 valence electrons. The molecule has 1 aliphatic carbocycles. The third-order valence-electron chi connectivity index (χ3n) is 4.00. The van der Waals surface area contributed by atoms with Crippen molar-refractivity contribution in [1.29, 1.82) is 5.26 Å². The quantitative estimate of drug-likeness (QED) is 0.493. The van der Waals surface area contributed by atoms with Crippen molar-refractivity contribution in [1.82, 2.24) is 5.32 Å². The third kappa shape index (κ3) is 4.85. The minimum absolute atomic E-state index is 0.0729. The lowest BCUT2D eigenvalue weighted by Crippen LogP contribution is -2.36. The molecule has 2 N–H and O–H groups in total. The summed E-state index contributed by atoms with van der Waals surface area (Å²) in [6.45, 7) is 0. The Kier molecular flexibility index (Phi) is 6.38. The Morgan fingerprint density at radius 1 is 1.21 bits per heavy atom. The van der Waals surface area contributed by atoms with Crippen LogP contribution in [0.15, 0.2) is 36.0 Å². The van der Waals surface area contributed by atoms with E-state index < -0.39 is 5.97 Å². The van der Waals surface area contributed by atoms with Crippen LogP contribution in [0.2, 0.25) is 0 Å². The molecule has 1 aromatic rings. The molecule has 0 aromatic heterocycles. The van der Waals surface area contributed by atoms with E-state index in [4.69, 9.17) is 5.26 Å². The summed E-state index contributed by atoms with van der Waals surface area (Å²) in [6.07, 6.45) is 6.95. The van der Waals surface area contributed by atoms with Crippen molar-refractivity contribution in [2.75, 3.05) is 12.4 Å². The van der Waals surface area contributed by atoms with Gasteiger partial charge in [0.05, 0.1) is 7.11 Å². The Labute approximate surface area is 141 Å². The molecule has 0 spiro atoms. The maximum absolute atomic E-state index is 12.2. The highest BCUT2D eigenvalue weighted by molar-refractivity contribution is 5.95. The molecule has 1 aliphatic rings. The zero-order chi connectivity index (χ0) is 17.4. The monoisotopic (exact) mass is 327 g/mol. The zero-order valence-electron chi connectivity index (χ0n) is 13.7. The number of nitrogens with zero attached hydrogens (tertiary/aromatic N) is 1. The van der Waals surface area contributed by atoms with E-state index in [0.29, 0.717) is 11.3 Å². The summed E-state index contributed by atoms with van der Waals surface area (Å²) in [5.74, 6) is -0.773. The highest BCUT2D eigenvalue weighted by atomic mass is 16.5. The number of nitrogens with one attached hydrogen (secondary N) is 2. The van der Waals surface area contributed by atoms with Gasteiger partial charge in [-0.05, 0) is 37.1 Å². The number of anilines is 1. The van der Waals surface area contributed by atoms with Gasteiger partial charge in [0.25, 0.3) is 5.91 Å². The second kappa shape index (κ2) is 8.73. The van der Waals surface area contributed by atoms with Crippen LogP contribution in [0.5, 0.6) is 0 Å². The van der Waals surface area contributed by atoms with E-state index in [1.165, 1.54) is 32.6 Å². The van der Waals surface area contributed by atoms with Crippen molar-refractivity contribution >= 4 is 17.6 Å². The largest absolute Gasteiger partial charge is 0.465 e. The fourth-order valence-electron chi connectivity index (χ4n) is 2.64. The number of rotatable bonds is 5. The number of amides is 1. The van der Waals surface area contributed by atoms with Crippen LogP contribution >= 0.6 is 0 Å². The first-order chi connectivity index (χ1) is 11.6. The minimum atomic E-state index is -0.700. The molecular formula is C18H21N3O3. The summed E-state index contributed by atoms with van der Waals surface area (Å²) in [5.41, 5.74) is 1.13. The topological polar surface area (TPSA) is 91.2 Å². The SMILES string of the molecule is COC(=O)/C(C#N)=C\Nc1ccc(C(=O)NC2CCCCC2)cc1. The van der Waals surface area contributed by atoms with Gasteiger partial charge in [0.15, 0.2) is 5.57 Å². The lowest BCUT2D eigenvalue weighted by atomic mass is 9.95. The van der Waals surface area contributed by atoms with Crippen LogP contribution in [-0.4, -0.2) is 25.0 Å². The number of carbonyl (C=O) groups excluding carboxylic acids is 2. The molecule has 1 aromatic carbocycles. The first kappa shape index (κ1) is 17.5. The van der Waals surface area contributed by atoms with E-state index in [-0.39, 0.29) is 17.5 Å². The number of ether oxygens (including phenoxy) is 1. The molecule has 0 unspecified atom stereocenters. The number of carbonyl (C=O) groups is 2. The highest BCUT2D eigenvalue weighted by Crippen LogP contribution is 2.18. The van der Waals surface area contributed by atoms with Crippen LogP contribution in [-0.2, 0) is 9.53 Å². The molecule has 2 rings (SSSR count). The van der Waals surface area contributed by atoms with Gasteiger partial charge in [-0.25, -0.2) is 4.79 Å². The zero-order valence-corrected chi connectivity index (χ0v) is 13.7. The van der Waals surface area contributed by atoms with Crippen LogP contribution in [0.4, 0.5) is 5.69 Å². The molecular weight excluding hydrogens is 306 g/mol. The van der Waals surface area contributed by atoms with Gasteiger partial charge in [-0.1, -0.05) is 19.3 Å². The lowest BCUT2D eigenvalue weighted by Gasteiger charge is -2.22. The van der Waals surface area contributed by atoms with Gasteiger partial charge < -0.3 is 15.4 Å². The first-order valence-electron chi connectivity index (χ1n) is 8.00. The fraction of sp³-hybridized carbons (Fsp3) is 0.389. The maximum Gasteiger partial charge on any atom is 0.350 e. The molecule has 24 heavy (non-hydrogen) atoms. The van der Waals surface area contributed by atoms with Crippen LogP contribution in [0.3, 0.4) is 0 Å². The van der Waals surface area contributed by atoms with E-state index in [2.05, 4.69) is 15.4 Å². The number of esters is 1. The van der Waals surface area contributed by atoms with Crippen molar-refractivity contribution in [2.45, 2.75) is 38.1 Å². The van der Waals surface area contributed by atoms with Crippen molar-refractivity contribution in [3.8, 4) is 6.07 Å². The Bertz CT molecular complexity index is 653. The fourth-order valence-corrected chi connectivity index (χ4v) is 2.64. The summed E-state index contributed by atoms with van der Waals surface area (Å²) >= 11 is 0. The Balaban J connectivity index is 1.94. The molecule has 6 heteroatoms. The van der Waals surface area contributed by atoms with Crippen molar-refractivity contribution in [3.05, 3.63) is 41.6 Å². The molecule has 0 aliphatic heterocycles. The second-order valence-corrected chi connectivity index (χ2v) is 5.69. The molecule has 0 saturated heterocycles. The highest BCUT2D eigenvalue weighted by Gasteiger charge is 2.16. The van der Waals surface area contributed by atoms with Crippen molar-refractivity contribution in [3.63, 3.8) is 0 Å². The van der Waals surface area contributed by atoms with E-state index in [0.717, 1.165) is 12.8 Å². The van der Waals surface area contributed by atoms with Crippen LogP contribution < -0.4 is 10.6 Å². The Morgan fingerprint density at radius 3 is 2.46 bits per heavy atom. The van der Waals surface area contributed by atoms with Gasteiger partial charge in [-0.2, -0.15) is 5.26 Å². The molecule has 6 nitrogen and oxygen atoms in total.